The van der Waals surface area contributed by atoms with E-state index in [1.807, 2.05) is 6.92 Å². The Morgan fingerprint density at radius 2 is 1.86 bits per heavy atom. The Bertz CT molecular complexity index is 178. The van der Waals surface area contributed by atoms with Gasteiger partial charge in [-0.2, -0.15) is 0 Å². The molecule has 0 spiro atoms. The highest BCUT2D eigenvalue weighted by Gasteiger charge is 2.20. The summed E-state index contributed by atoms with van der Waals surface area (Å²) >= 11 is 0. The monoisotopic (exact) mass is 217 g/mol. The van der Waals surface area contributed by atoms with Crippen LogP contribution in [0, 0.1) is 0 Å². The molecule has 0 saturated carbocycles. The molecule has 0 aliphatic carbocycles. The highest BCUT2D eigenvalue weighted by atomic mass is 32.2. The van der Waals surface area contributed by atoms with Gasteiger partial charge in [0.15, 0.2) is 0 Å². The number of hydrogen-bond acceptors (Lipinski definition) is 2. The van der Waals surface area contributed by atoms with Gasteiger partial charge in [0.1, 0.15) is 0 Å². The molecule has 84 valence electrons. The van der Waals surface area contributed by atoms with E-state index in [2.05, 4.69) is 11.8 Å². The van der Waals surface area contributed by atoms with Crippen molar-refractivity contribution in [2.45, 2.75) is 45.6 Å². The molecule has 0 bridgehead atoms. The summed E-state index contributed by atoms with van der Waals surface area (Å²) in [6.45, 7) is 6.67. The van der Waals surface area contributed by atoms with E-state index in [9.17, 15) is 4.21 Å². The third-order valence-electron chi connectivity index (χ3n) is 3.08. The molecule has 2 unspecified atom stereocenters. The smallest absolute Gasteiger partial charge is 0.0390 e. The lowest BCUT2D eigenvalue weighted by atomic mass is 10.1. The summed E-state index contributed by atoms with van der Waals surface area (Å²) in [5.41, 5.74) is 0. The van der Waals surface area contributed by atoms with Crippen LogP contribution in [0.25, 0.3) is 0 Å². The van der Waals surface area contributed by atoms with Crippen molar-refractivity contribution in [2.75, 3.05) is 24.6 Å². The molecule has 1 saturated heterocycles. The SMILES string of the molecule is CCC(CS(=O)CC)N1CCCCC1. The Hall–Kier alpha value is 0.110. The van der Waals surface area contributed by atoms with E-state index in [-0.39, 0.29) is 0 Å². The molecule has 0 aromatic carbocycles. The van der Waals surface area contributed by atoms with E-state index >= 15 is 0 Å². The number of piperidine rings is 1. The van der Waals surface area contributed by atoms with Crippen molar-refractivity contribution < 1.29 is 4.21 Å². The maximum atomic E-state index is 11.5. The fourth-order valence-electron chi connectivity index (χ4n) is 2.10. The Balaban J connectivity index is 2.39. The minimum atomic E-state index is -0.600. The first-order valence-corrected chi connectivity index (χ1v) is 7.35. The third kappa shape index (κ3) is 3.70. The van der Waals surface area contributed by atoms with Crippen LogP contribution in [-0.2, 0) is 10.8 Å². The van der Waals surface area contributed by atoms with Crippen LogP contribution in [-0.4, -0.2) is 39.7 Å². The zero-order chi connectivity index (χ0) is 10.4. The minimum Gasteiger partial charge on any atom is -0.299 e. The lowest BCUT2D eigenvalue weighted by molar-refractivity contribution is 0.172. The Labute approximate surface area is 90.5 Å². The molecule has 0 N–H and O–H groups in total. The van der Waals surface area contributed by atoms with Gasteiger partial charge in [-0.25, -0.2) is 0 Å². The fourth-order valence-corrected chi connectivity index (χ4v) is 3.21. The van der Waals surface area contributed by atoms with Crippen LogP contribution in [0.3, 0.4) is 0 Å². The molecule has 1 rings (SSSR count). The van der Waals surface area contributed by atoms with Gasteiger partial charge >= 0.3 is 0 Å². The lowest BCUT2D eigenvalue weighted by Gasteiger charge is -2.33. The zero-order valence-electron chi connectivity index (χ0n) is 9.50. The molecule has 0 aromatic heterocycles. The van der Waals surface area contributed by atoms with Crippen LogP contribution in [0.2, 0.25) is 0 Å². The Morgan fingerprint density at radius 1 is 1.21 bits per heavy atom. The molecule has 1 heterocycles. The second-order valence-corrected chi connectivity index (χ2v) is 5.84. The molecule has 1 fully saturated rings. The summed E-state index contributed by atoms with van der Waals surface area (Å²) in [6, 6.07) is 0.566. The predicted octanol–water partition coefficient (Wildman–Crippen LogP) is 2.02. The average Bonchev–Trinajstić information content (AvgIpc) is 2.26. The second-order valence-electron chi connectivity index (χ2n) is 4.05. The van der Waals surface area contributed by atoms with Crippen molar-refractivity contribution in [1.82, 2.24) is 4.90 Å². The van der Waals surface area contributed by atoms with Gasteiger partial charge in [0.2, 0.25) is 0 Å². The molecule has 0 radical (unpaired) electrons. The van der Waals surface area contributed by atoms with E-state index in [1.165, 1.54) is 32.4 Å². The quantitative estimate of drug-likeness (QED) is 0.702. The Kier molecular flexibility index (Phi) is 5.71. The first-order valence-electron chi connectivity index (χ1n) is 5.87. The van der Waals surface area contributed by atoms with Crippen LogP contribution >= 0.6 is 0 Å². The largest absolute Gasteiger partial charge is 0.299 e. The van der Waals surface area contributed by atoms with E-state index in [1.54, 1.807) is 0 Å². The maximum absolute atomic E-state index is 11.5. The molecule has 14 heavy (non-hydrogen) atoms. The zero-order valence-corrected chi connectivity index (χ0v) is 10.3. The number of nitrogens with zero attached hydrogens (tertiary/aromatic N) is 1. The van der Waals surface area contributed by atoms with Gasteiger partial charge in [-0.3, -0.25) is 9.11 Å². The summed E-state index contributed by atoms with van der Waals surface area (Å²) in [7, 11) is -0.600. The van der Waals surface area contributed by atoms with Crippen molar-refractivity contribution in [2.24, 2.45) is 0 Å². The summed E-state index contributed by atoms with van der Waals surface area (Å²) in [6.07, 6.45) is 5.18. The summed E-state index contributed by atoms with van der Waals surface area (Å²) < 4.78 is 11.5. The van der Waals surface area contributed by atoms with Gasteiger partial charge in [-0.15, -0.1) is 0 Å². The standard InChI is InChI=1S/C11H23NOS/c1-3-11(10-14(13)4-2)12-8-6-5-7-9-12/h11H,3-10H2,1-2H3. The van der Waals surface area contributed by atoms with E-state index < -0.39 is 10.8 Å². The predicted molar refractivity (Wildman–Crippen MR) is 63.1 cm³/mol. The summed E-state index contributed by atoms with van der Waals surface area (Å²) in [4.78, 5) is 2.54. The highest BCUT2D eigenvalue weighted by molar-refractivity contribution is 7.84. The first-order chi connectivity index (χ1) is 6.77. The van der Waals surface area contributed by atoms with Crippen LogP contribution < -0.4 is 0 Å². The molecular formula is C11H23NOS. The average molecular weight is 217 g/mol. The number of hydrogen-bond donors (Lipinski definition) is 0. The summed E-state index contributed by atoms with van der Waals surface area (Å²) in [5.74, 6) is 1.69. The van der Waals surface area contributed by atoms with Crippen molar-refractivity contribution >= 4 is 10.8 Å². The normalized spacial score (nSPS) is 23.3. The molecule has 2 nitrogen and oxygen atoms in total. The third-order valence-corrected chi connectivity index (χ3v) is 4.48. The minimum absolute atomic E-state index is 0.566. The highest BCUT2D eigenvalue weighted by Crippen LogP contribution is 2.14. The van der Waals surface area contributed by atoms with Gasteiger partial charge in [0.05, 0.1) is 0 Å². The maximum Gasteiger partial charge on any atom is 0.0390 e. The van der Waals surface area contributed by atoms with Gasteiger partial charge in [-0.1, -0.05) is 20.3 Å². The fraction of sp³-hybridized carbons (Fsp3) is 1.00. The van der Waals surface area contributed by atoms with Gasteiger partial charge in [-0.05, 0) is 32.4 Å². The van der Waals surface area contributed by atoms with Crippen molar-refractivity contribution in [3.05, 3.63) is 0 Å². The first kappa shape index (κ1) is 12.2. The van der Waals surface area contributed by atoms with Gasteiger partial charge in [0, 0.05) is 28.3 Å². The van der Waals surface area contributed by atoms with Crippen LogP contribution in [0.5, 0.6) is 0 Å². The lowest BCUT2D eigenvalue weighted by Crippen LogP contribution is -2.42. The summed E-state index contributed by atoms with van der Waals surface area (Å²) in [5, 5.41) is 0. The van der Waals surface area contributed by atoms with Crippen molar-refractivity contribution in [1.29, 1.82) is 0 Å². The second kappa shape index (κ2) is 6.57. The molecule has 0 amide bonds. The van der Waals surface area contributed by atoms with Crippen LogP contribution in [0.1, 0.15) is 39.5 Å². The molecule has 3 heteroatoms. The van der Waals surface area contributed by atoms with E-state index in [4.69, 9.17) is 0 Å². The van der Waals surface area contributed by atoms with Crippen molar-refractivity contribution in [3.8, 4) is 0 Å². The number of likely N-dealkylation sites (tertiary alicyclic amines) is 1. The van der Waals surface area contributed by atoms with E-state index in [0.29, 0.717) is 6.04 Å². The van der Waals surface area contributed by atoms with Gasteiger partial charge in [0.25, 0.3) is 0 Å². The van der Waals surface area contributed by atoms with E-state index in [0.717, 1.165) is 17.9 Å². The molecule has 0 aromatic rings. The molecule has 2 atom stereocenters. The molecule has 1 aliphatic rings. The number of rotatable bonds is 5. The van der Waals surface area contributed by atoms with Gasteiger partial charge < -0.3 is 0 Å². The van der Waals surface area contributed by atoms with Crippen molar-refractivity contribution in [3.63, 3.8) is 0 Å². The molecule has 1 aliphatic heterocycles. The van der Waals surface area contributed by atoms with Crippen LogP contribution in [0.4, 0.5) is 0 Å². The molecular weight excluding hydrogens is 194 g/mol. The van der Waals surface area contributed by atoms with Crippen LogP contribution in [0.15, 0.2) is 0 Å². The topological polar surface area (TPSA) is 20.3 Å². The Morgan fingerprint density at radius 3 is 2.36 bits per heavy atom.